The first-order valence-electron chi connectivity index (χ1n) is 12.4. The minimum atomic E-state index is -4.64. The van der Waals surface area contributed by atoms with Gasteiger partial charge in [-0.1, -0.05) is 42.5 Å². The summed E-state index contributed by atoms with van der Waals surface area (Å²) in [5, 5.41) is 2.64. The quantitative estimate of drug-likeness (QED) is 0.273. The summed E-state index contributed by atoms with van der Waals surface area (Å²) >= 11 is 0. The number of anilines is 1. The van der Waals surface area contributed by atoms with Crippen LogP contribution < -0.4 is 16.4 Å². The van der Waals surface area contributed by atoms with E-state index in [4.69, 9.17) is 0 Å². The average Bonchev–Trinajstić information content (AvgIpc) is 2.93. The molecule has 0 aliphatic carbocycles. The van der Waals surface area contributed by atoms with Crippen LogP contribution in [0, 0.1) is 6.92 Å². The van der Waals surface area contributed by atoms with Gasteiger partial charge in [-0.3, -0.25) is 19.4 Å². The molecule has 0 spiro atoms. The Morgan fingerprint density at radius 2 is 1.73 bits per heavy atom. The van der Waals surface area contributed by atoms with Gasteiger partial charge in [-0.2, -0.15) is 13.2 Å². The number of pyridine rings is 1. The fraction of sp³-hybridized carbons (Fsp3) is 0.133. The van der Waals surface area contributed by atoms with E-state index in [1.807, 2.05) is 12.1 Å². The van der Waals surface area contributed by atoms with Gasteiger partial charge >= 0.3 is 17.3 Å². The van der Waals surface area contributed by atoms with Crippen LogP contribution in [0.3, 0.4) is 0 Å². The monoisotopic (exact) mass is 544 g/mol. The maximum atomic E-state index is 13.7. The van der Waals surface area contributed by atoms with Crippen LogP contribution in [0.2, 0.25) is 0 Å². The number of fused-ring (bicyclic) bond motifs is 1. The number of amides is 1. The molecule has 202 valence electrons. The van der Waals surface area contributed by atoms with E-state index in [9.17, 15) is 27.6 Å². The fourth-order valence-electron chi connectivity index (χ4n) is 4.61. The van der Waals surface area contributed by atoms with E-state index in [1.165, 1.54) is 29.7 Å². The van der Waals surface area contributed by atoms with Crippen molar-refractivity contribution in [3.8, 4) is 11.1 Å². The second kappa shape index (κ2) is 10.6. The van der Waals surface area contributed by atoms with Crippen molar-refractivity contribution in [1.29, 1.82) is 0 Å². The second-order valence-electron chi connectivity index (χ2n) is 9.24. The number of benzene rings is 3. The highest BCUT2D eigenvalue weighted by atomic mass is 19.4. The largest absolute Gasteiger partial charge is 0.416 e. The first-order valence-corrected chi connectivity index (χ1v) is 12.4. The molecule has 2 aromatic heterocycles. The van der Waals surface area contributed by atoms with Crippen LogP contribution in [0.5, 0.6) is 0 Å². The average molecular weight is 545 g/mol. The number of hydrogen-bond donors (Lipinski definition) is 2. The lowest BCUT2D eigenvalue weighted by atomic mass is 9.93. The molecule has 40 heavy (non-hydrogen) atoms. The molecule has 0 saturated heterocycles. The summed E-state index contributed by atoms with van der Waals surface area (Å²) in [6.07, 6.45) is -2.59. The Balaban J connectivity index is 1.51. The Bertz CT molecular complexity index is 1830. The maximum absolute atomic E-state index is 13.7. The third-order valence-electron chi connectivity index (χ3n) is 6.55. The zero-order chi connectivity index (χ0) is 28.4. The van der Waals surface area contributed by atoms with E-state index >= 15 is 0 Å². The smallest absolute Gasteiger partial charge is 0.322 e. The molecule has 0 saturated carbocycles. The fourth-order valence-corrected chi connectivity index (χ4v) is 4.61. The summed E-state index contributed by atoms with van der Waals surface area (Å²) in [6.45, 7) is 1.55. The van der Waals surface area contributed by atoms with Gasteiger partial charge in [0.25, 0.3) is 5.91 Å². The molecular weight excluding hydrogens is 521 g/mol. The summed E-state index contributed by atoms with van der Waals surface area (Å²) in [6, 6.07) is 20.8. The highest BCUT2D eigenvalue weighted by Crippen LogP contribution is 2.36. The van der Waals surface area contributed by atoms with Gasteiger partial charge in [0.15, 0.2) is 0 Å². The van der Waals surface area contributed by atoms with Crippen molar-refractivity contribution < 1.29 is 18.0 Å². The molecule has 0 bridgehead atoms. The molecule has 2 N–H and O–H groups in total. The van der Waals surface area contributed by atoms with Crippen molar-refractivity contribution in [2.24, 2.45) is 0 Å². The van der Waals surface area contributed by atoms with Gasteiger partial charge in [0.1, 0.15) is 0 Å². The van der Waals surface area contributed by atoms with Gasteiger partial charge in [-0.15, -0.1) is 0 Å². The molecular formula is C30H23F3N4O3. The third-order valence-corrected chi connectivity index (χ3v) is 6.55. The number of H-pyrrole nitrogens is 1. The van der Waals surface area contributed by atoms with Crippen molar-refractivity contribution in [3.63, 3.8) is 0 Å². The van der Waals surface area contributed by atoms with Crippen molar-refractivity contribution >= 4 is 22.6 Å². The lowest BCUT2D eigenvalue weighted by molar-refractivity contribution is -0.138. The Kier molecular flexibility index (Phi) is 7.08. The number of nitrogens with one attached hydrogen (secondary N) is 2. The SMILES string of the molecule is Cc1cc(-c2ccccc2)c(C(=O)Nc2ccc3c(c2)[nH]c(=O)c(=O)n3CCc2ccccn2)cc1C(F)(F)F. The first-order chi connectivity index (χ1) is 19.1. The number of alkyl halides is 3. The van der Waals surface area contributed by atoms with Crippen LogP contribution in [-0.2, 0) is 19.1 Å². The molecule has 1 amide bonds. The molecule has 7 nitrogen and oxygen atoms in total. The van der Waals surface area contributed by atoms with Crippen molar-refractivity contribution in [1.82, 2.24) is 14.5 Å². The van der Waals surface area contributed by atoms with Gasteiger partial charge in [0.05, 0.1) is 16.6 Å². The highest BCUT2D eigenvalue weighted by Gasteiger charge is 2.34. The topological polar surface area (TPSA) is 96.9 Å². The number of aromatic nitrogens is 3. The van der Waals surface area contributed by atoms with Gasteiger partial charge in [0, 0.05) is 36.1 Å². The summed E-state index contributed by atoms with van der Waals surface area (Å²) in [5.41, 5.74) is -0.00238. The normalized spacial score (nSPS) is 11.5. The van der Waals surface area contributed by atoms with Crippen molar-refractivity contribution in [2.45, 2.75) is 26.1 Å². The van der Waals surface area contributed by atoms with Crippen molar-refractivity contribution in [2.75, 3.05) is 5.32 Å². The molecule has 0 radical (unpaired) electrons. The number of carbonyl (C=O) groups excluding carboxylic acids is 1. The number of carbonyl (C=O) groups is 1. The van der Waals surface area contributed by atoms with Crippen LogP contribution >= 0.6 is 0 Å². The summed E-state index contributed by atoms with van der Waals surface area (Å²) in [4.78, 5) is 45.1. The van der Waals surface area contributed by atoms with Gasteiger partial charge in [0.2, 0.25) is 0 Å². The molecule has 2 heterocycles. The Morgan fingerprint density at radius 3 is 2.42 bits per heavy atom. The Hall–Kier alpha value is -4.99. The van der Waals surface area contributed by atoms with E-state index in [-0.39, 0.29) is 28.9 Å². The van der Waals surface area contributed by atoms with Crippen molar-refractivity contribution in [3.05, 3.63) is 128 Å². The summed E-state index contributed by atoms with van der Waals surface area (Å²) in [5.74, 6) is -0.755. The molecule has 3 aromatic carbocycles. The lowest BCUT2D eigenvalue weighted by Gasteiger charge is -2.17. The number of rotatable bonds is 6. The summed E-state index contributed by atoms with van der Waals surface area (Å²) < 4.78 is 42.5. The third kappa shape index (κ3) is 5.42. The van der Waals surface area contributed by atoms with E-state index < -0.39 is 28.8 Å². The molecule has 0 aliphatic heterocycles. The predicted molar refractivity (Wildman–Crippen MR) is 146 cm³/mol. The van der Waals surface area contributed by atoms with Crippen LogP contribution in [0.4, 0.5) is 18.9 Å². The predicted octanol–water partition coefficient (Wildman–Crippen LogP) is 5.57. The molecule has 0 unspecified atom stereocenters. The lowest BCUT2D eigenvalue weighted by Crippen LogP contribution is -2.36. The van der Waals surface area contributed by atoms with Crippen LogP contribution in [0.15, 0.2) is 94.6 Å². The number of aryl methyl sites for hydroxylation is 3. The zero-order valence-electron chi connectivity index (χ0n) is 21.3. The first kappa shape index (κ1) is 26.6. The molecule has 0 atom stereocenters. The highest BCUT2D eigenvalue weighted by molar-refractivity contribution is 6.09. The van der Waals surface area contributed by atoms with E-state index in [2.05, 4.69) is 15.3 Å². The molecule has 0 aliphatic rings. The van der Waals surface area contributed by atoms with Gasteiger partial charge in [-0.05, 0) is 60.0 Å². The second-order valence-corrected chi connectivity index (χ2v) is 9.24. The molecule has 10 heteroatoms. The molecule has 5 rings (SSSR count). The number of hydrogen-bond acceptors (Lipinski definition) is 4. The van der Waals surface area contributed by atoms with Gasteiger partial charge < -0.3 is 14.9 Å². The van der Waals surface area contributed by atoms with E-state index in [1.54, 1.807) is 48.7 Å². The Morgan fingerprint density at radius 1 is 0.975 bits per heavy atom. The maximum Gasteiger partial charge on any atom is 0.416 e. The minimum Gasteiger partial charge on any atom is -0.322 e. The number of aromatic amines is 1. The number of nitrogens with zero attached hydrogens (tertiary/aromatic N) is 2. The molecule has 0 fully saturated rings. The zero-order valence-corrected chi connectivity index (χ0v) is 21.3. The van der Waals surface area contributed by atoms with E-state index in [0.29, 0.717) is 23.1 Å². The van der Waals surface area contributed by atoms with E-state index in [0.717, 1.165) is 11.8 Å². The summed E-state index contributed by atoms with van der Waals surface area (Å²) in [7, 11) is 0. The number of halogens is 3. The standard InChI is InChI=1S/C30H23F3N4O3/c1-18-15-22(19-7-3-2-4-8-19)23(17-24(18)30(31,32)33)27(38)35-21-10-11-26-25(16-21)36-28(39)29(40)37(26)14-12-20-9-5-6-13-34-20/h2-11,13,15-17H,12,14H2,1H3,(H,35,38)(H,36,39). The van der Waals surface area contributed by atoms with Crippen LogP contribution in [-0.4, -0.2) is 20.4 Å². The van der Waals surface area contributed by atoms with Crippen LogP contribution in [0.1, 0.15) is 27.2 Å². The van der Waals surface area contributed by atoms with Gasteiger partial charge in [-0.25, -0.2) is 0 Å². The van der Waals surface area contributed by atoms with Crippen LogP contribution in [0.25, 0.3) is 22.2 Å². The Labute approximate surface area is 226 Å². The minimum absolute atomic E-state index is 0.00476. The molecule has 5 aromatic rings.